The molecule has 0 radical (unpaired) electrons. The Labute approximate surface area is 174 Å². The molecule has 4 rings (SSSR count). The zero-order chi connectivity index (χ0) is 21.3. The van der Waals surface area contributed by atoms with Gasteiger partial charge in [0, 0.05) is 30.1 Å². The molecule has 0 unspecified atom stereocenters. The molecule has 1 aliphatic carbocycles. The number of hydrogen-bond acceptors (Lipinski definition) is 6. The maximum absolute atomic E-state index is 12.3. The highest BCUT2D eigenvalue weighted by molar-refractivity contribution is 5.83. The highest BCUT2D eigenvalue weighted by Gasteiger charge is 2.26. The van der Waals surface area contributed by atoms with Gasteiger partial charge in [0.2, 0.25) is 0 Å². The van der Waals surface area contributed by atoms with Gasteiger partial charge in [0.25, 0.3) is 5.91 Å². The quantitative estimate of drug-likeness (QED) is 0.553. The van der Waals surface area contributed by atoms with Crippen LogP contribution < -0.4 is 10.4 Å². The van der Waals surface area contributed by atoms with Gasteiger partial charge < -0.3 is 18.8 Å². The third-order valence-electron chi connectivity index (χ3n) is 5.88. The van der Waals surface area contributed by atoms with Gasteiger partial charge >= 0.3 is 11.6 Å². The molecule has 7 heteroatoms. The van der Waals surface area contributed by atoms with Gasteiger partial charge in [0.05, 0.1) is 0 Å². The van der Waals surface area contributed by atoms with Crippen molar-refractivity contribution in [3.05, 3.63) is 39.7 Å². The zero-order valence-electron chi connectivity index (χ0n) is 17.4. The largest absolute Gasteiger partial charge is 0.482 e. The van der Waals surface area contributed by atoms with Gasteiger partial charge in [-0.25, -0.2) is 9.59 Å². The van der Waals surface area contributed by atoms with Crippen molar-refractivity contribution in [2.45, 2.75) is 39.5 Å². The van der Waals surface area contributed by atoms with E-state index in [-0.39, 0.29) is 24.7 Å². The summed E-state index contributed by atoms with van der Waals surface area (Å²) in [4.78, 5) is 38.2. The predicted octanol–water partition coefficient (Wildman–Crippen LogP) is 2.71. The minimum atomic E-state index is -0.614. The van der Waals surface area contributed by atoms with E-state index in [1.54, 1.807) is 17.0 Å². The summed E-state index contributed by atoms with van der Waals surface area (Å²) in [5.74, 6) is 0.516. The van der Waals surface area contributed by atoms with E-state index in [9.17, 15) is 14.4 Å². The molecule has 1 fully saturated rings. The minimum absolute atomic E-state index is 0.178. The average molecular weight is 413 g/mol. The summed E-state index contributed by atoms with van der Waals surface area (Å²) in [5.41, 5.74) is 1.97. The fraction of sp³-hybridized carbons (Fsp3) is 0.522. The molecule has 1 aromatic carbocycles. The van der Waals surface area contributed by atoms with Crippen LogP contribution in [0.2, 0.25) is 0 Å². The van der Waals surface area contributed by atoms with Crippen LogP contribution in [0, 0.1) is 11.8 Å². The maximum Gasteiger partial charge on any atom is 0.344 e. The van der Waals surface area contributed by atoms with Gasteiger partial charge in [0.1, 0.15) is 11.3 Å². The van der Waals surface area contributed by atoms with E-state index < -0.39 is 5.97 Å². The summed E-state index contributed by atoms with van der Waals surface area (Å²) in [6.07, 6.45) is 3.68. The Morgan fingerprint density at radius 2 is 1.83 bits per heavy atom. The van der Waals surface area contributed by atoms with E-state index in [1.165, 1.54) is 0 Å². The second-order valence-corrected chi connectivity index (χ2v) is 8.55. The lowest BCUT2D eigenvalue weighted by atomic mass is 9.92. The predicted molar refractivity (Wildman–Crippen MR) is 110 cm³/mol. The number of rotatable bonds is 5. The Morgan fingerprint density at radius 1 is 1.10 bits per heavy atom. The van der Waals surface area contributed by atoms with Crippen LogP contribution in [0.3, 0.4) is 0 Å². The Hall–Kier alpha value is -2.83. The number of ether oxygens (including phenoxy) is 2. The first-order valence-electron chi connectivity index (χ1n) is 10.6. The number of esters is 1. The lowest BCUT2D eigenvalue weighted by Gasteiger charge is -2.34. The van der Waals surface area contributed by atoms with Crippen LogP contribution in [0.5, 0.6) is 5.75 Å². The molecule has 160 valence electrons. The summed E-state index contributed by atoms with van der Waals surface area (Å²) in [5, 5.41) is 0.910. The molecule has 0 saturated carbocycles. The van der Waals surface area contributed by atoms with E-state index in [0.29, 0.717) is 36.3 Å². The molecule has 2 atom stereocenters. The van der Waals surface area contributed by atoms with Gasteiger partial charge in [-0.15, -0.1) is 0 Å². The number of likely N-dealkylation sites (tertiary alicyclic amines) is 1. The molecule has 1 aromatic heterocycles. The summed E-state index contributed by atoms with van der Waals surface area (Å²) >= 11 is 0. The Balaban J connectivity index is 1.32. The molecular weight excluding hydrogens is 386 g/mol. The first kappa shape index (κ1) is 20.4. The standard InChI is InChI=1S/C23H27NO6/c1-14-8-15(2)11-24(10-14)21(25)12-29-22(26)13-28-16-6-7-18-17-4-3-5-19(17)23(27)30-20(18)9-16/h6-7,9,14-15H,3-5,8,10-13H2,1-2H3/t14-,15-/m1/s1. The van der Waals surface area contributed by atoms with Gasteiger partial charge in [0.15, 0.2) is 13.2 Å². The number of aryl methyl sites for hydroxylation is 1. The fourth-order valence-corrected chi connectivity index (χ4v) is 4.64. The maximum atomic E-state index is 12.3. The van der Waals surface area contributed by atoms with E-state index in [2.05, 4.69) is 13.8 Å². The third kappa shape index (κ3) is 4.35. The van der Waals surface area contributed by atoms with E-state index in [4.69, 9.17) is 13.9 Å². The topological polar surface area (TPSA) is 86.0 Å². The summed E-state index contributed by atoms with van der Waals surface area (Å²) < 4.78 is 16.0. The van der Waals surface area contributed by atoms with Gasteiger partial charge in [-0.3, -0.25) is 4.79 Å². The van der Waals surface area contributed by atoms with Crippen LogP contribution in [0.25, 0.3) is 11.0 Å². The van der Waals surface area contributed by atoms with Crippen LogP contribution in [0.4, 0.5) is 0 Å². The number of amides is 1. The molecule has 1 amide bonds. The van der Waals surface area contributed by atoms with Crippen molar-refractivity contribution in [3.8, 4) is 5.75 Å². The van der Waals surface area contributed by atoms with Crippen molar-refractivity contribution < 1.29 is 23.5 Å². The summed E-state index contributed by atoms with van der Waals surface area (Å²) in [6, 6.07) is 5.21. The van der Waals surface area contributed by atoms with Crippen LogP contribution in [-0.4, -0.2) is 43.1 Å². The SMILES string of the molecule is C[C@@H]1C[C@@H](C)CN(C(=O)COC(=O)COc2ccc3c4c(c(=O)oc3c2)CCC4)C1. The molecule has 7 nitrogen and oxygen atoms in total. The number of nitrogens with zero attached hydrogens (tertiary/aromatic N) is 1. The number of fused-ring (bicyclic) bond motifs is 3. The summed E-state index contributed by atoms with van der Waals surface area (Å²) in [7, 11) is 0. The Bertz CT molecular complexity index is 1020. The first-order valence-corrected chi connectivity index (χ1v) is 10.6. The van der Waals surface area contributed by atoms with Crippen molar-refractivity contribution in [2.24, 2.45) is 11.8 Å². The van der Waals surface area contributed by atoms with E-state index >= 15 is 0 Å². The van der Waals surface area contributed by atoms with Crippen molar-refractivity contribution in [2.75, 3.05) is 26.3 Å². The highest BCUT2D eigenvalue weighted by atomic mass is 16.6. The molecule has 2 aliphatic rings. The Morgan fingerprint density at radius 3 is 2.60 bits per heavy atom. The monoisotopic (exact) mass is 413 g/mol. The first-order chi connectivity index (χ1) is 14.4. The second kappa shape index (κ2) is 8.50. The van der Waals surface area contributed by atoms with Crippen molar-refractivity contribution >= 4 is 22.8 Å². The van der Waals surface area contributed by atoms with Gasteiger partial charge in [-0.05, 0) is 55.2 Å². The minimum Gasteiger partial charge on any atom is -0.482 e. The van der Waals surface area contributed by atoms with Gasteiger partial charge in [-0.2, -0.15) is 0 Å². The molecule has 2 aromatic rings. The van der Waals surface area contributed by atoms with E-state index in [1.807, 2.05) is 6.07 Å². The highest BCUT2D eigenvalue weighted by Crippen LogP contribution is 2.29. The molecule has 0 bridgehead atoms. The summed E-state index contributed by atoms with van der Waals surface area (Å²) in [6.45, 7) is 5.04. The number of piperidine rings is 1. The second-order valence-electron chi connectivity index (χ2n) is 8.55. The molecule has 1 saturated heterocycles. The molecule has 2 heterocycles. The van der Waals surface area contributed by atoms with Crippen LogP contribution in [0.1, 0.15) is 37.8 Å². The van der Waals surface area contributed by atoms with Gasteiger partial charge in [-0.1, -0.05) is 13.8 Å². The lowest BCUT2D eigenvalue weighted by molar-refractivity contribution is -0.154. The van der Waals surface area contributed by atoms with Crippen molar-refractivity contribution in [1.29, 1.82) is 0 Å². The number of hydrogen-bond donors (Lipinski definition) is 0. The third-order valence-corrected chi connectivity index (χ3v) is 5.88. The lowest BCUT2D eigenvalue weighted by Crippen LogP contribution is -2.44. The number of benzene rings is 1. The normalized spacial score (nSPS) is 20.8. The molecule has 0 N–H and O–H groups in total. The average Bonchev–Trinajstić information content (AvgIpc) is 3.20. The molecule has 0 spiro atoms. The number of carbonyl (C=O) groups excluding carboxylic acids is 2. The van der Waals surface area contributed by atoms with Crippen LogP contribution in [0.15, 0.2) is 27.4 Å². The van der Waals surface area contributed by atoms with Crippen molar-refractivity contribution in [3.63, 3.8) is 0 Å². The number of carbonyl (C=O) groups is 2. The Kier molecular flexibility index (Phi) is 5.79. The fourth-order valence-electron chi connectivity index (χ4n) is 4.64. The smallest absolute Gasteiger partial charge is 0.344 e. The van der Waals surface area contributed by atoms with Crippen molar-refractivity contribution in [1.82, 2.24) is 4.90 Å². The molecular formula is C23H27NO6. The van der Waals surface area contributed by atoms with Crippen LogP contribution >= 0.6 is 0 Å². The zero-order valence-corrected chi connectivity index (χ0v) is 17.4. The molecule has 1 aliphatic heterocycles. The molecule has 30 heavy (non-hydrogen) atoms. The van der Waals surface area contributed by atoms with Crippen LogP contribution in [-0.2, 0) is 27.2 Å². The van der Waals surface area contributed by atoms with E-state index in [0.717, 1.165) is 42.2 Å².